The molecule has 0 N–H and O–H groups in total. The standard InChI is InChI=1S/C23H15BrF2N2O4S/c24-18-11-16(8-9-19(18)26)28-21(29)13-33(31,32)23(28)17-6-1-2-7-20(17)27(22(23)30)12-14-4-3-5-15(25)10-14/h1-11H,12-13H2. The van der Waals surface area contributed by atoms with Crippen LogP contribution in [0.4, 0.5) is 20.2 Å². The summed E-state index contributed by atoms with van der Waals surface area (Å²) in [5.74, 6) is -3.63. The highest BCUT2D eigenvalue weighted by Gasteiger charge is 2.69. The van der Waals surface area contributed by atoms with Gasteiger partial charge in [-0.1, -0.05) is 30.3 Å². The first-order chi connectivity index (χ1) is 15.7. The van der Waals surface area contributed by atoms with E-state index in [9.17, 15) is 26.8 Å². The summed E-state index contributed by atoms with van der Waals surface area (Å²) in [4.78, 5) is 26.8. The predicted octanol–water partition coefficient (Wildman–Crippen LogP) is 3.89. The molecule has 10 heteroatoms. The Morgan fingerprint density at radius 1 is 0.970 bits per heavy atom. The molecule has 0 aromatic heterocycles. The van der Waals surface area contributed by atoms with Gasteiger partial charge in [0.15, 0.2) is 9.84 Å². The number of carbonyl (C=O) groups excluding carboxylic acids is 2. The molecule has 0 radical (unpaired) electrons. The zero-order valence-electron chi connectivity index (χ0n) is 16.8. The molecule has 1 saturated heterocycles. The van der Waals surface area contributed by atoms with Crippen molar-refractivity contribution in [3.8, 4) is 0 Å². The Hall–Kier alpha value is -3.11. The van der Waals surface area contributed by atoms with Crippen molar-refractivity contribution in [2.75, 3.05) is 15.6 Å². The van der Waals surface area contributed by atoms with E-state index in [0.29, 0.717) is 11.3 Å². The van der Waals surface area contributed by atoms with Gasteiger partial charge in [-0.15, -0.1) is 0 Å². The highest BCUT2D eigenvalue weighted by molar-refractivity contribution is 9.10. The van der Waals surface area contributed by atoms with Gasteiger partial charge in [0.05, 0.1) is 16.7 Å². The van der Waals surface area contributed by atoms with Gasteiger partial charge < -0.3 is 4.90 Å². The fraction of sp³-hybridized carbons (Fsp3) is 0.130. The highest BCUT2D eigenvalue weighted by atomic mass is 79.9. The third kappa shape index (κ3) is 3.04. The fourth-order valence-corrected chi connectivity index (χ4v) is 6.89. The number of hydrogen-bond donors (Lipinski definition) is 0. The number of anilines is 2. The van der Waals surface area contributed by atoms with Crippen LogP contribution in [0.3, 0.4) is 0 Å². The molecule has 3 aromatic carbocycles. The van der Waals surface area contributed by atoms with Gasteiger partial charge in [0.25, 0.3) is 10.8 Å². The maximum absolute atomic E-state index is 13.9. The van der Waals surface area contributed by atoms with Crippen LogP contribution in [0.15, 0.2) is 71.2 Å². The fourth-order valence-electron chi connectivity index (χ4n) is 4.49. The van der Waals surface area contributed by atoms with Crippen LogP contribution in [0.5, 0.6) is 0 Å². The van der Waals surface area contributed by atoms with Gasteiger partial charge in [0, 0.05) is 11.3 Å². The first-order valence-corrected chi connectivity index (χ1v) is 12.3. The first-order valence-electron chi connectivity index (χ1n) is 9.83. The van der Waals surface area contributed by atoms with Crippen LogP contribution in [0.1, 0.15) is 11.1 Å². The van der Waals surface area contributed by atoms with E-state index in [4.69, 9.17) is 0 Å². The van der Waals surface area contributed by atoms with Gasteiger partial charge >= 0.3 is 0 Å². The van der Waals surface area contributed by atoms with E-state index in [2.05, 4.69) is 15.9 Å². The third-order valence-corrected chi connectivity index (χ3v) is 8.53. The minimum absolute atomic E-state index is 0.0163. The lowest BCUT2D eigenvalue weighted by molar-refractivity contribution is -0.123. The molecule has 2 heterocycles. The maximum atomic E-state index is 13.9. The molecule has 3 aromatic rings. The summed E-state index contributed by atoms with van der Waals surface area (Å²) >= 11 is 3.06. The van der Waals surface area contributed by atoms with Crippen molar-refractivity contribution in [2.24, 2.45) is 0 Å². The molecule has 1 spiro atoms. The normalized spacial score (nSPS) is 21.2. The van der Waals surface area contributed by atoms with Crippen LogP contribution in [-0.2, 0) is 30.8 Å². The van der Waals surface area contributed by atoms with E-state index in [1.807, 2.05) is 0 Å². The van der Waals surface area contributed by atoms with Crippen LogP contribution < -0.4 is 9.80 Å². The number of rotatable bonds is 3. The SMILES string of the molecule is O=C1CS(=O)(=O)C2(C(=O)N(Cc3cccc(F)c3)c3ccccc32)N1c1ccc(F)c(Br)c1. The van der Waals surface area contributed by atoms with E-state index >= 15 is 0 Å². The Labute approximate surface area is 196 Å². The predicted molar refractivity (Wildman–Crippen MR) is 121 cm³/mol. The lowest BCUT2D eigenvalue weighted by Gasteiger charge is -2.32. The number of para-hydroxylation sites is 1. The average Bonchev–Trinajstić information content (AvgIpc) is 3.13. The molecule has 6 nitrogen and oxygen atoms in total. The Morgan fingerprint density at radius 3 is 2.45 bits per heavy atom. The second-order valence-electron chi connectivity index (χ2n) is 7.77. The molecule has 1 unspecified atom stereocenters. The lowest BCUT2D eigenvalue weighted by atomic mass is 10.0. The van der Waals surface area contributed by atoms with Gasteiger partial charge in [-0.3, -0.25) is 14.5 Å². The van der Waals surface area contributed by atoms with Crippen molar-refractivity contribution in [1.29, 1.82) is 0 Å². The Morgan fingerprint density at radius 2 is 1.73 bits per heavy atom. The minimum Gasteiger partial charge on any atom is -0.304 e. The van der Waals surface area contributed by atoms with E-state index < -0.39 is 43.9 Å². The second-order valence-corrected chi connectivity index (χ2v) is 10.7. The van der Waals surface area contributed by atoms with Crippen molar-refractivity contribution >= 4 is 49.0 Å². The molecule has 2 aliphatic rings. The van der Waals surface area contributed by atoms with E-state index in [1.54, 1.807) is 24.3 Å². The van der Waals surface area contributed by atoms with Gasteiger partial charge in [-0.2, -0.15) is 0 Å². The quantitative estimate of drug-likeness (QED) is 0.512. The van der Waals surface area contributed by atoms with Crippen molar-refractivity contribution in [2.45, 2.75) is 11.4 Å². The second kappa shape index (κ2) is 7.46. The molecule has 5 rings (SSSR count). The van der Waals surface area contributed by atoms with Crippen LogP contribution in [0.25, 0.3) is 0 Å². The summed E-state index contributed by atoms with van der Waals surface area (Å²) in [5.41, 5.74) is 0.937. The average molecular weight is 533 g/mol. The molecule has 1 fully saturated rings. The molecule has 33 heavy (non-hydrogen) atoms. The van der Waals surface area contributed by atoms with Crippen LogP contribution >= 0.6 is 15.9 Å². The molecule has 0 aliphatic carbocycles. The third-order valence-electron chi connectivity index (χ3n) is 5.81. The maximum Gasteiger partial charge on any atom is 0.274 e. The summed E-state index contributed by atoms with van der Waals surface area (Å²) < 4.78 is 54.7. The van der Waals surface area contributed by atoms with Crippen molar-refractivity contribution in [3.63, 3.8) is 0 Å². The van der Waals surface area contributed by atoms with Crippen LogP contribution in [0.2, 0.25) is 0 Å². The Bertz CT molecular complexity index is 1450. The van der Waals surface area contributed by atoms with Crippen LogP contribution in [0, 0.1) is 11.6 Å². The number of hydrogen-bond acceptors (Lipinski definition) is 4. The van der Waals surface area contributed by atoms with Crippen molar-refractivity contribution < 1.29 is 26.8 Å². The zero-order valence-corrected chi connectivity index (χ0v) is 19.2. The lowest BCUT2D eigenvalue weighted by Crippen LogP contribution is -2.54. The molecule has 0 saturated carbocycles. The van der Waals surface area contributed by atoms with E-state index in [1.165, 1.54) is 41.3 Å². The molecule has 1 atom stereocenters. The van der Waals surface area contributed by atoms with Crippen molar-refractivity contribution in [3.05, 3.63) is 94.0 Å². The highest BCUT2D eigenvalue weighted by Crippen LogP contribution is 2.53. The number of fused-ring (bicyclic) bond motifs is 2. The summed E-state index contributed by atoms with van der Waals surface area (Å²) in [5, 5.41) is 0. The summed E-state index contributed by atoms with van der Waals surface area (Å²) in [6, 6.07) is 15.5. The number of carbonyl (C=O) groups is 2. The van der Waals surface area contributed by atoms with E-state index in [-0.39, 0.29) is 22.3 Å². The molecule has 2 aliphatic heterocycles. The smallest absolute Gasteiger partial charge is 0.274 e. The minimum atomic E-state index is -4.35. The largest absolute Gasteiger partial charge is 0.304 e. The summed E-state index contributed by atoms with van der Waals surface area (Å²) in [7, 11) is -4.35. The molecule has 0 bridgehead atoms. The molecular formula is C23H15BrF2N2O4S. The number of halogens is 3. The Balaban J connectivity index is 1.74. The van der Waals surface area contributed by atoms with Gasteiger partial charge in [0.1, 0.15) is 17.4 Å². The van der Waals surface area contributed by atoms with Crippen molar-refractivity contribution in [1.82, 2.24) is 0 Å². The summed E-state index contributed by atoms with van der Waals surface area (Å²) in [6.07, 6.45) is 0. The van der Waals surface area contributed by atoms with Crippen LogP contribution in [-0.4, -0.2) is 26.0 Å². The topological polar surface area (TPSA) is 74.8 Å². The molecular weight excluding hydrogens is 518 g/mol. The number of amides is 2. The Kier molecular flexibility index (Phi) is 4.91. The van der Waals surface area contributed by atoms with Gasteiger partial charge in [-0.05, 0) is 57.9 Å². The van der Waals surface area contributed by atoms with Gasteiger partial charge in [-0.25, -0.2) is 17.2 Å². The zero-order chi connectivity index (χ0) is 23.5. The van der Waals surface area contributed by atoms with Gasteiger partial charge in [0.2, 0.25) is 5.91 Å². The number of nitrogens with zero attached hydrogens (tertiary/aromatic N) is 2. The summed E-state index contributed by atoms with van der Waals surface area (Å²) in [6.45, 7) is -0.0972. The molecule has 168 valence electrons. The number of benzene rings is 3. The number of sulfone groups is 1. The molecule has 2 amide bonds. The first kappa shape index (κ1) is 21.7. The monoisotopic (exact) mass is 532 g/mol. The van der Waals surface area contributed by atoms with E-state index in [0.717, 1.165) is 11.0 Å².